The van der Waals surface area contributed by atoms with E-state index in [9.17, 15) is 8.78 Å². The summed E-state index contributed by atoms with van der Waals surface area (Å²) in [5, 5.41) is 0. The zero-order valence-electron chi connectivity index (χ0n) is 8.06. The van der Waals surface area contributed by atoms with Gasteiger partial charge in [0.15, 0.2) is 11.6 Å². The largest absolute Gasteiger partial charge is 0.324 e. The van der Waals surface area contributed by atoms with Gasteiger partial charge in [-0.3, -0.25) is 0 Å². The number of benzene rings is 1. The summed E-state index contributed by atoms with van der Waals surface area (Å²) in [6, 6.07) is 3.39. The van der Waals surface area contributed by atoms with Gasteiger partial charge >= 0.3 is 0 Å². The lowest BCUT2D eigenvalue weighted by Gasteiger charge is -2.11. The van der Waals surface area contributed by atoms with Crippen molar-refractivity contribution >= 4 is 0 Å². The first-order valence-corrected chi connectivity index (χ1v) is 4.35. The summed E-state index contributed by atoms with van der Waals surface area (Å²) in [5.41, 5.74) is 7.27. The van der Waals surface area contributed by atoms with Crippen molar-refractivity contribution in [2.45, 2.75) is 19.4 Å². The van der Waals surface area contributed by atoms with Crippen molar-refractivity contribution in [3.8, 4) is 0 Å². The summed E-state index contributed by atoms with van der Waals surface area (Å²) in [6.45, 7) is 5.56. The van der Waals surface area contributed by atoms with Crippen molar-refractivity contribution in [3.63, 3.8) is 0 Å². The van der Waals surface area contributed by atoms with Crippen molar-refractivity contribution in [1.82, 2.24) is 0 Å². The third-order valence-electron chi connectivity index (χ3n) is 1.94. The highest BCUT2D eigenvalue weighted by Crippen LogP contribution is 2.19. The molecule has 3 heteroatoms. The molecule has 0 aliphatic rings. The van der Waals surface area contributed by atoms with Gasteiger partial charge in [-0.15, -0.1) is 6.58 Å². The van der Waals surface area contributed by atoms with Gasteiger partial charge in [0, 0.05) is 6.04 Å². The smallest absolute Gasteiger partial charge is 0.159 e. The minimum absolute atomic E-state index is 0.317. The van der Waals surface area contributed by atoms with E-state index in [-0.39, 0.29) is 6.04 Å². The molecular weight excluding hydrogens is 184 g/mol. The van der Waals surface area contributed by atoms with Gasteiger partial charge in [-0.1, -0.05) is 11.6 Å². The highest BCUT2D eigenvalue weighted by atomic mass is 19.2. The maximum atomic E-state index is 12.8. The summed E-state index contributed by atoms with van der Waals surface area (Å²) in [5.74, 6) is -1.71. The van der Waals surface area contributed by atoms with E-state index in [1.54, 1.807) is 0 Å². The minimum Gasteiger partial charge on any atom is -0.324 e. The Morgan fingerprint density at radius 2 is 2.07 bits per heavy atom. The third-order valence-corrected chi connectivity index (χ3v) is 1.94. The normalized spacial score (nSPS) is 12.6. The van der Waals surface area contributed by atoms with E-state index in [1.165, 1.54) is 6.07 Å². The Labute approximate surface area is 82.2 Å². The number of halogens is 2. The first-order chi connectivity index (χ1) is 6.50. The standard InChI is InChI=1S/C11H13F2N/c1-7(2)5-11(14)8-3-4-9(12)10(13)6-8/h3-4,6,11H,1,5,14H2,2H3/t11-/m0/s1. The summed E-state index contributed by atoms with van der Waals surface area (Å²) >= 11 is 0. The predicted octanol–water partition coefficient (Wildman–Crippen LogP) is 2.93. The van der Waals surface area contributed by atoms with Crippen LogP contribution < -0.4 is 5.73 Å². The zero-order chi connectivity index (χ0) is 10.7. The molecule has 1 aromatic rings. The van der Waals surface area contributed by atoms with Crippen molar-refractivity contribution in [1.29, 1.82) is 0 Å². The third kappa shape index (κ3) is 2.64. The molecule has 0 radical (unpaired) electrons. The molecule has 0 fully saturated rings. The van der Waals surface area contributed by atoms with E-state index >= 15 is 0 Å². The van der Waals surface area contributed by atoms with Crippen LogP contribution in [0, 0.1) is 11.6 Å². The molecule has 0 aliphatic heterocycles. The first-order valence-electron chi connectivity index (χ1n) is 4.35. The Kier molecular flexibility index (Phi) is 3.36. The maximum absolute atomic E-state index is 12.8. The fourth-order valence-electron chi connectivity index (χ4n) is 1.24. The lowest BCUT2D eigenvalue weighted by Crippen LogP contribution is -2.10. The van der Waals surface area contributed by atoms with Crippen LogP contribution in [0.25, 0.3) is 0 Å². The fraction of sp³-hybridized carbons (Fsp3) is 0.273. The van der Waals surface area contributed by atoms with Crippen LogP contribution in [0.3, 0.4) is 0 Å². The molecule has 1 rings (SSSR count). The van der Waals surface area contributed by atoms with Crippen LogP contribution in [0.4, 0.5) is 8.78 Å². The monoisotopic (exact) mass is 197 g/mol. The quantitative estimate of drug-likeness (QED) is 0.741. The Morgan fingerprint density at radius 3 is 2.57 bits per heavy atom. The minimum atomic E-state index is -0.861. The molecule has 0 unspecified atom stereocenters. The van der Waals surface area contributed by atoms with Gasteiger partial charge in [-0.05, 0) is 31.0 Å². The van der Waals surface area contributed by atoms with Gasteiger partial charge in [-0.2, -0.15) is 0 Å². The lowest BCUT2D eigenvalue weighted by molar-refractivity contribution is 0.505. The second-order valence-electron chi connectivity index (χ2n) is 3.44. The number of hydrogen-bond acceptors (Lipinski definition) is 1. The Balaban J connectivity index is 2.85. The molecule has 0 aliphatic carbocycles. The van der Waals surface area contributed by atoms with Crippen molar-refractivity contribution in [3.05, 3.63) is 47.5 Å². The van der Waals surface area contributed by atoms with Crippen LogP contribution in [0.15, 0.2) is 30.4 Å². The van der Waals surface area contributed by atoms with Crippen molar-refractivity contribution in [2.24, 2.45) is 5.73 Å². The molecule has 0 bridgehead atoms. The summed E-state index contributed by atoms with van der Waals surface area (Å²) in [7, 11) is 0. The number of rotatable bonds is 3. The fourth-order valence-corrected chi connectivity index (χ4v) is 1.24. The van der Waals surface area contributed by atoms with E-state index in [1.807, 2.05) is 6.92 Å². The molecule has 76 valence electrons. The zero-order valence-corrected chi connectivity index (χ0v) is 8.06. The Bertz CT molecular complexity index is 347. The Hall–Kier alpha value is -1.22. The second-order valence-corrected chi connectivity index (χ2v) is 3.44. The van der Waals surface area contributed by atoms with Crippen LogP contribution in [-0.2, 0) is 0 Å². The average molecular weight is 197 g/mol. The predicted molar refractivity (Wildman–Crippen MR) is 52.7 cm³/mol. The van der Waals surface area contributed by atoms with E-state index in [2.05, 4.69) is 6.58 Å². The molecule has 0 amide bonds. The van der Waals surface area contributed by atoms with Crippen LogP contribution in [0.2, 0.25) is 0 Å². The van der Waals surface area contributed by atoms with Crippen molar-refractivity contribution in [2.75, 3.05) is 0 Å². The van der Waals surface area contributed by atoms with Gasteiger partial charge in [0.25, 0.3) is 0 Å². The van der Waals surface area contributed by atoms with E-state index in [0.29, 0.717) is 12.0 Å². The molecular formula is C11H13F2N. The molecule has 2 N–H and O–H groups in total. The van der Waals surface area contributed by atoms with Gasteiger partial charge in [-0.25, -0.2) is 8.78 Å². The number of hydrogen-bond donors (Lipinski definition) is 1. The van der Waals surface area contributed by atoms with Gasteiger partial charge in [0.2, 0.25) is 0 Å². The van der Waals surface area contributed by atoms with Crippen LogP contribution in [0.1, 0.15) is 24.9 Å². The molecule has 0 saturated carbocycles. The molecule has 0 spiro atoms. The average Bonchev–Trinajstić information content (AvgIpc) is 2.08. The van der Waals surface area contributed by atoms with E-state index in [0.717, 1.165) is 17.7 Å². The molecule has 14 heavy (non-hydrogen) atoms. The molecule has 1 aromatic carbocycles. The van der Waals surface area contributed by atoms with Crippen LogP contribution in [0.5, 0.6) is 0 Å². The first kappa shape index (κ1) is 10.9. The topological polar surface area (TPSA) is 26.0 Å². The molecule has 1 nitrogen and oxygen atoms in total. The summed E-state index contributed by atoms with van der Waals surface area (Å²) < 4.78 is 25.4. The van der Waals surface area contributed by atoms with Crippen molar-refractivity contribution < 1.29 is 8.78 Å². The Morgan fingerprint density at radius 1 is 1.43 bits per heavy atom. The maximum Gasteiger partial charge on any atom is 0.159 e. The summed E-state index contributed by atoms with van der Waals surface area (Å²) in [6.07, 6.45) is 0.574. The van der Waals surface area contributed by atoms with Crippen LogP contribution >= 0.6 is 0 Å². The lowest BCUT2D eigenvalue weighted by atomic mass is 10.0. The second kappa shape index (κ2) is 4.33. The SMILES string of the molecule is C=C(C)C[C@H](N)c1ccc(F)c(F)c1. The highest BCUT2D eigenvalue weighted by molar-refractivity contribution is 5.22. The van der Waals surface area contributed by atoms with Crippen LogP contribution in [-0.4, -0.2) is 0 Å². The van der Waals surface area contributed by atoms with Gasteiger partial charge in [0.1, 0.15) is 0 Å². The highest BCUT2D eigenvalue weighted by Gasteiger charge is 2.09. The van der Waals surface area contributed by atoms with E-state index in [4.69, 9.17) is 5.73 Å². The van der Waals surface area contributed by atoms with Gasteiger partial charge < -0.3 is 5.73 Å². The number of nitrogens with two attached hydrogens (primary N) is 1. The molecule has 0 heterocycles. The summed E-state index contributed by atoms with van der Waals surface area (Å²) in [4.78, 5) is 0. The molecule has 1 atom stereocenters. The molecule has 0 aromatic heterocycles. The van der Waals surface area contributed by atoms with E-state index < -0.39 is 11.6 Å². The molecule has 0 saturated heterocycles. The van der Waals surface area contributed by atoms with Gasteiger partial charge in [0.05, 0.1) is 0 Å².